The van der Waals surface area contributed by atoms with Gasteiger partial charge in [-0.2, -0.15) is 0 Å². The molecule has 0 radical (unpaired) electrons. The van der Waals surface area contributed by atoms with Crippen molar-refractivity contribution in [2.45, 2.75) is 0 Å². The van der Waals surface area contributed by atoms with Crippen LogP contribution in [-0.2, 0) is 0 Å². The third-order valence-electron chi connectivity index (χ3n) is 2.99. The summed E-state index contributed by atoms with van der Waals surface area (Å²) in [4.78, 5) is 6.42. The number of hydrogen-bond acceptors (Lipinski definition) is 4. The van der Waals surface area contributed by atoms with Crippen LogP contribution in [0.25, 0.3) is 0 Å². The predicted molar refractivity (Wildman–Crippen MR) is 72.6 cm³/mol. The summed E-state index contributed by atoms with van der Waals surface area (Å²) >= 11 is 0. The van der Waals surface area contributed by atoms with Crippen LogP contribution in [0.4, 0.5) is 0 Å². The van der Waals surface area contributed by atoms with Crippen molar-refractivity contribution < 1.29 is 5.21 Å². The molecule has 1 aromatic carbocycles. The van der Waals surface area contributed by atoms with Crippen LogP contribution in [0.3, 0.4) is 0 Å². The van der Waals surface area contributed by atoms with Crippen LogP contribution in [-0.4, -0.2) is 54.9 Å². The van der Waals surface area contributed by atoms with Gasteiger partial charge in [0.05, 0.1) is 0 Å². The van der Waals surface area contributed by atoms with E-state index in [2.05, 4.69) is 20.4 Å². The van der Waals surface area contributed by atoms with Gasteiger partial charge >= 0.3 is 0 Å². The van der Waals surface area contributed by atoms with E-state index < -0.39 is 0 Å². The molecule has 0 atom stereocenters. The zero-order valence-corrected chi connectivity index (χ0v) is 10.5. The van der Waals surface area contributed by atoms with Crippen molar-refractivity contribution in [1.29, 1.82) is 0 Å². The number of rotatable bonds is 2. The van der Waals surface area contributed by atoms with Gasteiger partial charge in [-0.1, -0.05) is 35.5 Å². The monoisotopic (exact) mass is 246 g/mol. The smallest absolute Gasteiger partial charge is 0.153 e. The molecule has 0 unspecified atom stereocenters. The lowest BCUT2D eigenvalue weighted by Gasteiger charge is -2.30. The van der Waals surface area contributed by atoms with Gasteiger partial charge in [0.1, 0.15) is 0 Å². The fraction of sp³-hybridized carbons (Fsp3) is 0.385. The summed E-state index contributed by atoms with van der Waals surface area (Å²) in [6.45, 7) is 3.59. The molecular weight excluding hydrogens is 228 g/mol. The maximum absolute atomic E-state index is 9.28. The van der Waals surface area contributed by atoms with E-state index in [9.17, 15) is 5.21 Å². The van der Waals surface area contributed by atoms with Crippen LogP contribution in [0.2, 0.25) is 0 Å². The highest BCUT2D eigenvalue weighted by atomic mass is 16.4. The van der Waals surface area contributed by atoms with Gasteiger partial charge in [0.25, 0.3) is 0 Å². The van der Waals surface area contributed by atoms with E-state index in [1.807, 2.05) is 30.3 Å². The minimum absolute atomic E-state index is 0.528. The Bertz CT molecular complexity index is 436. The molecule has 2 N–H and O–H groups in total. The van der Waals surface area contributed by atoms with E-state index in [0.717, 1.165) is 37.6 Å². The standard InChI is InChI=1S/C13H18N4O/c1-14-13(17-9-7-15-8-10-17)12(16-18)11-5-3-2-4-6-11/h2-6,15,18H,7-10H2,1H3/b14-13+,16-12-. The molecule has 96 valence electrons. The Balaban J connectivity index is 2.26. The Morgan fingerprint density at radius 1 is 1.22 bits per heavy atom. The van der Waals surface area contributed by atoms with Crippen LogP contribution in [0, 0.1) is 0 Å². The van der Waals surface area contributed by atoms with Gasteiger partial charge < -0.3 is 15.4 Å². The van der Waals surface area contributed by atoms with Crippen LogP contribution >= 0.6 is 0 Å². The maximum atomic E-state index is 9.28. The van der Waals surface area contributed by atoms with Crippen molar-refractivity contribution in [3.05, 3.63) is 35.9 Å². The average molecular weight is 246 g/mol. The van der Waals surface area contributed by atoms with E-state index in [1.54, 1.807) is 7.05 Å². The normalized spacial score (nSPS) is 17.9. The highest BCUT2D eigenvalue weighted by Crippen LogP contribution is 2.07. The van der Waals surface area contributed by atoms with Gasteiger partial charge in [-0.15, -0.1) is 0 Å². The Morgan fingerprint density at radius 3 is 2.44 bits per heavy atom. The molecule has 18 heavy (non-hydrogen) atoms. The van der Waals surface area contributed by atoms with E-state index in [4.69, 9.17) is 0 Å². The summed E-state index contributed by atoms with van der Waals surface area (Å²) in [5.74, 6) is 0.741. The molecule has 1 aliphatic heterocycles. The zero-order chi connectivity index (χ0) is 12.8. The summed E-state index contributed by atoms with van der Waals surface area (Å²) in [5.41, 5.74) is 1.40. The molecule has 5 heteroatoms. The van der Waals surface area contributed by atoms with Gasteiger partial charge in [0.2, 0.25) is 0 Å². The molecule has 0 spiro atoms. The van der Waals surface area contributed by atoms with Crippen molar-refractivity contribution >= 4 is 11.5 Å². The molecular formula is C13H18N4O. The first-order chi connectivity index (χ1) is 8.86. The lowest BCUT2D eigenvalue weighted by atomic mass is 10.1. The molecule has 1 aromatic rings. The van der Waals surface area contributed by atoms with Crippen molar-refractivity contribution in [3.63, 3.8) is 0 Å². The fourth-order valence-electron chi connectivity index (χ4n) is 2.10. The first-order valence-corrected chi connectivity index (χ1v) is 6.07. The summed E-state index contributed by atoms with van der Waals surface area (Å²) in [6.07, 6.45) is 0. The lowest BCUT2D eigenvalue weighted by molar-refractivity contribution is 0.317. The van der Waals surface area contributed by atoms with Crippen LogP contribution in [0.15, 0.2) is 40.5 Å². The summed E-state index contributed by atoms with van der Waals surface area (Å²) in [7, 11) is 1.73. The Kier molecular flexibility index (Phi) is 4.30. The molecule has 0 saturated carbocycles. The van der Waals surface area contributed by atoms with Crippen molar-refractivity contribution in [2.24, 2.45) is 10.1 Å². The molecule has 1 heterocycles. The quantitative estimate of drug-likeness (QED) is 0.351. The minimum atomic E-state index is 0.528. The number of aliphatic imine (C=N–C) groups is 1. The average Bonchev–Trinajstić information content (AvgIpc) is 2.46. The Labute approximate surface area is 107 Å². The number of nitrogens with one attached hydrogen (secondary N) is 1. The Morgan fingerprint density at radius 2 is 1.89 bits per heavy atom. The molecule has 2 rings (SSSR count). The summed E-state index contributed by atoms with van der Waals surface area (Å²) in [5, 5.41) is 16.0. The number of oxime groups is 1. The topological polar surface area (TPSA) is 60.2 Å². The molecule has 1 saturated heterocycles. The summed E-state index contributed by atoms with van der Waals surface area (Å²) in [6, 6.07) is 9.62. The van der Waals surface area contributed by atoms with Crippen LogP contribution < -0.4 is 5.32 Å². The maximum Gasteiger partial charge on any atom is 0.153 e. The van der Waals surface area contributed by atoms with E-state index in [1.165, 1.54) is 0 Å². The molecule has 1 aliphatic rings. The van der Waals surface area contributed by atoms with Gasteiger partial charge in [0.15, 0.2) is 11.5 Å². The largest absolute Gasteiger partial charge is 0.410 e. The van der Waals surface area contributed by atoms with E-state index >= 15 is 0 Å². The highest BCUT2D eigenvalue weighted by Gasteiger charge is 2.20. The second-order valence-electron chi connectivity index (χ2n) is 4.10. The second kappa shape index (κ2) is 6.16. The second-order valence-corrected chi connectivity index (χ2v) is 4.10. The minimum Gasteiger partial charge on any atom is -0.410 e. The predicted octanol–water partition coefficient (Wildman–Crippen LogP) is 0.798. The number of piperazine rings is 1. The number of hydrogen-bond donors (Lipinski definition) is 2. The van der Waals surface area contributed by atoms with Gasteiger partial charge in [-0.25, -0.2) is 0 Å². The molecule has 0 aliphatic carbocycles. The SMILES string of the molecule is C/N=C(\C(=N/O)c1ccccc1)N1CCNCC1. The lowest BCUT2D eigenvalue weighted by Crippen LogP contribution is -2.49. The third-order valence-corrected chi connectivity index (χ3v) is 2.99. The number of benzene rings is 1. The van der Waals surface area contributed by atoms with Crippen molar-refractivity contribution in [2.75, 3.05) is 33.2 Å². The van der Waals surface area contributed by atoms with Crippen LogP contribution in [0.1, 0.15) is 5.56 Å². The molecule has 0 bridgehead atoms. The summed E-state index contributed by atoms with van der Waals surface area (Å²) < 4.78 is 0. The Hall–Kier alpha value is -1.88. The first-order valence-electron chi connectivity index (χ1n) is 6.07. The van der Waals surface area contributed by atoms with Gasteiger partial charge in [-0.05, 0) is 0 Å². The molecule has 0 amide bonds. The zero-order valence-electron chi connectivity index (χ0n) is 10.5. The fourth-order valence-corrected chi connectivity index (χ4v) is 2.10. The van der Waals surface area contributed by atoms with Crippen molar-refractivity contribution in [3.8, 4) is 0 Å². The van der Waals surface area contributed by atoms with E-state index in [0.29, 0.717) is 5.71 Å². The van der Waals surface area contributed by atoms with Crippen LogP contribution in [0.5, 0.6) is 0 Å². The molecule has 1 fully saturated rings. The first kappa shape index (κ1) is 12.6. The van der Waals surface area contributed by atoms with Gasteiger partial charge in [-0.3, -0.25) is 4.99 Å². The third kappa shape index (κ3) is 2.68. The number of nitrogens with zero attached hydrogens (tertiary/aromatic N) is 3. The van der Waals surface area contributed by atoms with E-state index in [-0.39, 0.29) is 0 Å². The highest BCUT2D eigenvalue weighted by molar-refractivity contribution is 6.47. The van der Waals surface area contributed by atoms with Gasteiger partial charge in [0, 0.05) is 38.8 Å². The number of amidine groups is 1. The van der Waals surface area contributed by atoms with Crippen molar-refractivity contribution in [1.82, 2.24) is 10.2 Å². The molecule has 5 nitrogen and oxygen atoms in total. The molecule has 0 aromatic heterocycles.